The van der Waals surface area contributed by atoms with Gasteiger partial charge in [-0.3, -0.25) is 0 Å². The second-order valence-electron chi connectivity index (χ2n) is 4.39. The van der Waals surface area contributed by atoms with Gasteiger partial charge in [0.1, 0.15) is 0 Å². The van der Waals surface area contributed by atoms with E-state index < -0.39 is 0 Å². The zero-order valence-corrected chi connectivity index (χ0v) is 10.2. The highest BCUT2D eigenvalue weighted by Gasteiger charge is 2.13. The van der Waals surface area contributed by atoms with E-state index in [1.165, 1.54) is 5.69 Å². The van der Waals surface area contributed by atoms with Crippen molar-refractivity contribution in [3.63, 3.8) is 0 Å². The lowest BCUT2D eigenvalue weighted by Crippen LogP contribution is -2.25. The number of anilines is 1. The summed E-state index contributed by atoms with van der Waals surface area (Å²) < 4.78 is 11.3. The number of fused-ring (bicyclic) bond motifs is 1. The maximum absolute atomic E-state index is 5.67. The molecule has 2 rings (SSSR count). The average molecular weight is 221 g/mol. The van der Waals surface area contributed by atoms with E-state index >= 15 is 0 Å². The molecule has 0 radical (unpaired) electrons. The van der Waals surface area contributed by atoms with Crippen molar-refractivity contribution in [2.45, 2.75) is 26.3 Å². The summed E-state index contributed by atoms with van der Waals surface area (Å²) in [6.07, 6.45) is 0.948. The van der Waals surface area contributed by atoms with Gasteiger partial charge in [0.25, 0.3) is 0 Å². The third kappa shape index (κ3) is 2.23. The molecule has 1 aliphatic heterocycles. The smallest absolute Gasteiger partial charge is 0.163 e. The molecule has 16 heavy (non-hydrogen) atoms. The monoisotopic (exact) mass is 221 g/mol. The van der Waals surface area contributed by atoms with Gasteiger partial charge in [0.15, 0.2) is 11.5 Å². The SMILES string of the molecule is CC(C)N(C)c1ccc2c(c1)OCCCO2. The zero-order chi connectivity index (χ0) is 11.5. The molecule has 1 aliphatic rings. The van der Waals surface area contributed by atoms with Gasteiger partial charge < -0.3 is 14.4 Å². The van der Waals surface area contributed by atoms with Crippen LogP contribution in [0.1, 0.15) is 20.3 Å². The number of ether oxygens (including phenoxy) is 2. The van der Waals surface area contributed by atoms with Gasteiger partial charge >= 0.3 is 0 Å². The van der Waals surface area contributed by atoms with E-state index in [0.717, 1.165) is 31.1 Å². The van der Waals surface area contributed by atoms with Gasteiger partial charge in [-0.05, 0) is 26.0 Å². The van der Waals surface area contributed by atoms with E-state index in [1.807, 2.05) is 6.07 Å². The second kappa shape index (κ2) is 4.64. The van der Waals surface area contributed by atoms with Crippen molar-refractivity contribution < 1.29 is 9.47 Å². The third-order valence-corrected chi connectivity index (χ3v) is 2.91. The van der Waals surface area contributed by atoms with Crippen LogP contribution < -0.4 is 14.4 Å². The number of rotatable bonds is 2. The van der Waals surface area contributed by atoms with Crippen molar-refractivity contribution in [2.75, 3.05) is 25.2 Å². The number of hydrogen-bond donors (Lipinski definition) is 0. The fraction of sp³-hybridized carbons (Fsp3) is 0.538. The normalized spacial score (nSPS) is 14.8. The summed E-state index contributed by atoms with van der Waals surface area (Å²) in [6.45, 7) is 5.82. The predicted octanol–water partition coefficient (Wildman–Crippen LogP) is 2.69. The van der Waals surface area contributed by atoms with Crippen molar-refractivity contribution >= 4 is 5.69 Å². The first-order valence-corrected chi connectivity index (χ1v) is 5.81. The lowest BCUT2D eigenvalue weighted by Gasteiger charge is -2.24. The third-order valence-electron chi connectivity index (χ3n) is 2.91. The standard InChI is InChI=1S/C13H19NO2/c1-10(2)14(3)11-5-6-12-13(9-11)16-8-4-7-15-12/h5-6,9-10H,4,7-8H2,1-3H3. The van der Waals surface area contributed by atoms with Crippen LogP contribution in [0.25, 0.3) is 0 Å². The first-order chi connectivity index (χ1) is 7.68. The first kappa shape index (κ1) is 11.1. The van der Waals surface area contributed by atoms with Crippen molar-refractivity contribution in [3.8, 4) is 11.5 Å². The van der Waals surface area contributed by atoms with Crippen molar-refractivity contribution in [2.24, 2.45) is 0 Å². The van der Waals surface area contributed by atoms with Gasteiger partial charge in [0.2, 0.25) is 0 Å². The molecule has 1 aromatic carbocycles. The molecule has 0 unspecified atom stereocenters. The fourth-order valence-corrected chi connectivity index (χ4v) is 1.67. The van der Waals surface area contributed by atoms with Crippen LogP contribution >= 0.6 is 0 Å². The molecular formula is C13H19NO2. The minimum absolute atomic E-state index is 0.477. The first-order valence-electron chi connectivity index (χ1n) is 5.81. The predicted molar refractivity (Wildman–Crippen MR) is 65.6 cm³/mol. The molecule has 88 valence electrons. The largest absolute Gasteiger partial charge is 0.490 e. The molecular weight excluding hydrogens is 202 g/mol. The van der Waals surface area contributed by atoms with Gasteiger partial charge in [-0.15, -0.1) is 0 Å². The summed E-state index contributed by atoms with van der Waals surface area (Å²) in [6, 6.07) is 6.60. The van der Waals surface area contributed by atoms with Gasteiger partial charge in [-0.2, -0.15) is 0 Å². The molecule has 0 N–H and O–H groups in total. The highest BCUT2D eigenvalue weighted by molar-refractivity contribution is 5.56. The Balaban J connectivity index is 2.27. The quantitative estimate of drug-likeness (QED) is 0.766. The van der Waals surface area contributed by atoms with Gasteiger partial charge in [-0.25, -0.2) is 0 Å². The Morgan fingerprint density at radius 1 is 1.12 bits per heavy atom. The van der Waals surface area contributed by atoms with Crippen LogP contribution in [0.2, 0.25) is 0 Å². The van der Waals surface area contributed by atoms with E-state index in [9.17, 15) is 0 Å². The summed E-state index contributed by atoms with van der Waals surface area (Å²) in [4.78, 5) is 2.22. The minimum Gasteiger partial charge on any atom is -0.490 e. The molecule has 0 spiro atoms. The molecule has 0 amide bonds. The Bertz CT molecular complexity index is 363. The fourth-order valence-electron chi connectivity index (χ4n) is 1.67. The molecule has 0 saturated heterocycles. The van der Waals surface area contributed by atoms with Crippen molar-refractivity contribution in [1.29, 1.82) is 0 Å². The number of nitrogens with zero attached hydrogens (tertiary/aromatic N) is 1. The molecule has 0 aliphatic carbocycles. The van der Waals surface area contributed by atoms with E-state index in [0.29, 0.717) is 6.04 Å². The van der Waals surface area contributed by atoms with Crippen LogP contribution in [0.4, 0.5) is 5.69 Å². The van der Waals surface area contributed by atoms with Crippen LogP contribution in [-0.2, 0) is 0 Å². The molecule has 0 saturated carbocycles. The highest BCUT2D eigenvalue weighted by Crippen LogP contribution is 2.33. The molecule has 0 aromatic heterocycles. The van der Waals surface area contributed by atoms with E-state index in [2.05, 4.69) is 37.9 Å². The topological polar surface area (TPSA) is 21.7 Å². The lowest BCUT2D eigenvalue weighted by atomic mass is 10.2. The van der Waals surface area contributed by atoms with Crippen LogP contribution in [-0.4, -0.2) is 26.3 Å². The second-order valence-corrected chi connectivity index (χ2v) is 4.39. The van der Waals surface area contributed by atoms with Crippen molar-refractivity contribution in [3.05, 3.63) is 18.2 Å². The summed E-state index contributed by atoms with van der Waals surface area (Å²) in [5.41, 5.74) is 1.17. The highest BCUT2D eigenvalue weighted by atomic mass is 16.5. The Kier molecular flexibility index (Phi) is 3.22. The molecule has 0 bridgehead atoms. The van der Waals surface area contributed by atoms with Crippen LogP contribution in [0.3, 0.4) is 0 Å². The van der Waals surface area contributed by atoms with E-state index in [-0.39, 0.29) is 0 Å². The van der Waals surface area contributed by atoms with Crippen LogP contribution in [0, 0.1) is 0 Å². The molecule has 1 heterocycles. The summed E-state index contributed by atoms with van der Waals surface area (Å²) in [7, 11) is 2.09. The zero-order valence-electron chi connectivity index (χ0n) is 10.2. The van der Waals surface area contributed by atoms with E-state index in [1.54, 1.807) is 0 Å². The van der Waals surface area contributed by atoms with E-state index in [4.69, 9.17) is 9.47 Å². The molecule has 3 heteroatoms. The van der Waals surface area contributed by atoms with Crippen LogP contribution in [0.15, 0.2) is 18.2 Å². The minimum atomic E-state index is 0.477. The molecule has 0 fully saturated rings. The number of benzene rings is 1. The Morgan fingerprint density at radius 2 is 1.81 bits per heavy atom. The molecule has 3 nitrogen and oxygen atoms in total. The van der Waals surface area contributed by atoms with Gasteiger partial charge in [-0.1, -0.05) is 0 Å². The Labute approximate surface area is 97.0 Å². The van der Waals surface area contributed by atoms with Crippen LogP contribution in [0.5, 0.6) is 11.5 Å². The summed E-state index contributed by atoms with van der Waals surface area (Å²) >= 11 is 0. The summed E-state index contributed by atoms with van der Waals surface area (Å²) in [5.74, 6) is 1.72. The molecule has 0 atom stereocenters. The van der Waals surface area contributed by atoms with Gasteiger partial charge in [0, 0.05) is 31.3 Å². The Hall–Kier alpha value is -1.38. The van der Waals surface area contributed by atoms with Gasteiger partial charge in [0.05, 0.1) is 13.2 Å². The molecule has 1 aromatic rings. The maximum atomic E-state index is 5.67. The lowest BCUT2D eigenvalue weighted by molar-refractivity contribution is 0.297. The average Bonchev–Trinajstić information content (AvgIpc) is 2.51. The van der Waals surface area contributed by atoms with Crippen molar-refractivity contribution in [1.82, 2.24) is 0 Å². The Morgan fingerprint density at radius 3 is 2.50 bits per heavy atom. The maximum Gasteiger partial charge on any atom is 0.163 e. The number of hydrogen-bond acceptors (Lipinski definition) is 3. The summed E-state index contributed by atoms with van der Waals surface area (Å²) in [5, 5.41) is 0.